The minimum atomic E-state index is -0.906. The molecule has 3 N–H and O–H groups in total. The van der Waals surface area contributed by atoms with Crippen LogP contribution in [0.2, 0.25) is 0 Å². The van der Waals surface area contributed by atoms with Gasteiger partial charge in [0.05, 0.1) is 5.56 Å². The fourth-order valence-corrected chi connectivity index (χ4v) is 2.31. The van der Waals surface area contributed by atoms with E-state index >= 15 is 0 Å². The number of halogens is 2. The molecule has 0 spiro atoms. The second-order valence-electron chi connectivity index (χ2n) is 3.94. The fourth-order valence-electron chi connectivity index (χ4n) is 1.50. The molecule has 2 aromatic rings. The predicted octanol–water partition coefficient (Wildman–Crippen LogP) is 2.14. The maximum Gasteiger partial charge on any atom is 0.262 e. The number of hydrogen-bond acceptors (Lipinski definition) is 4. The number of anilines is 1. The van der Waals surface area contributed by atoms with Crippen molar-refractivity contribution in [2.75, 3.05) is 11.9 Å². The summed E-state index contributed by atoms with van der Waals surface area (Å²) in [4.78, 5) is 22.7. The number of hydrogen-bond donors (Lipinski definition) is 2. The predicted molar refractivity (Wildman–Crippen MR) is 73.3 cm³/mol. The highest BCUT2D eigenvalue weighted by molar-refractivity contribution is 7.14. The van der Waals surface area contributed by atoms with E-state index in [2.05, 4.69) is 5.32 Å². The molecule has 0 saturated carbocycles. The molecule has 0 bridgehead atoms. The Morgan fingerprint density at radius 2 is 2.05 bits per heavy atom. The van der Waals surface area contributed by atoms with Gasteiger partial charge >= 0.3 is 0 Å². The number of carbonyl (C=O) groups is 2. The molecule has 8 heteroatoms. The Balaban J connectivity index is 1.96. The van der Waals surface area contributed by atoms with Crippen LogP contribution < -0.4 is 15.8 Å². The van der Waals surface area contributed by atoms with Gasteiger partial charge in [0.1, 0.15) is 10.8 Å². The molecule has 21 heavy (non-hydrogen) atoms. The second kappa shape index (κ2) is 6.31. The van der Waals surface area contributed by atoms with Crippen molar-refractivity contribution in [3.05, 3.63) is 46.8 Å². The van der Waals surface area contributed by atoms with Crippen LogP contribution in [0.1, 0.15) is 10.4 Å². The van der Waals surface area contributed by atoms with E-state index in [-0.39, 0.29) is 16.3 Å². The van der Waals surface area contributed by atoms with Crippen molar-refractivity contribution < 1.29 is 23.1 Å². The Labute approximate surface area is 122 Å². The third kappa shape index (κ3) is 3.76. The van der Waals surface area contributed by atoms with Crippen molar-refractivity contribution in [2.24, 2.45) is 5.73 Å². The molecule has 1 heterocycles. The molecular weight excluding hydrogens is 302 g/mol. The van der Waals surface area contributed by atoms with Crippen molar-refractivity contribution in [1.82, 2.24) is 0 Å². The highest BCUT2D eigenvalue weighted by Gasteiger charge is 2.13. The highest BCUT2D eigenvalue weighted by atomic mass is 32.1. The van der Waals surface area contributed by atoms with Crippen LogP contribution in [-0.4, -0.2) is 18.4 Å². The van der Waals surface area contributed by atoms with Crippen LogP contribution in [0, 0.1) is 11.6 Å². The van der Waals surface area contributed by atoms with Crippen molar-refractivity contribution in [2.45, 2.75) is 0 Å². The summed E-state index contributed by atoms with van der Waals surface area (Å²) in [5, 5.41) is 4.31. The van der Waals surface area contributed by atoms with E-state index in [0.717, 1.165) is 23.5 Å². The van der Waals surface area contributed by atoms with Crippen molar-refractivity contribution in [1.29, 1.82) is 0 Å². The number of rotatable bonds is 5. The molecule has 1 aromatic carbocycles. The number of thiophene rings is 1. The van der Waals surface area contributed by atoms with Crippen molar-refractivity contribution >= 4 is 28.2 Å². The number of carbonyl (C=O) groups excluding carboxylic acids is 2. The molecule has 5 nitrogen and oxygen atoms in total. The maximum atomic E-state index is 13.3. The topological polar surface area (TPSA) is 81.4 Å². The van der Waals surface area contributed by atoms with E-state index < -0.39 is 30.1 Å². The van der Waals surface area contributed by atoms with Gasteiger partial charge in [-0.2, -0.15) is 0 Å². The summed E-state index contributed by atoms with van der Waals surface area (Å²) in [6, 6.07) is 4.22. The summed E-state index contributed by atoms with van der Waals surface area (Å²) in [6.45, 7) is -0.487. The molecule has 0 saturated heterocycles. The molecule has 1 aromatic heterocycles. The lowest BCUT2D eigenvalue weighted by Gasteiger charge is -2.08. The Bertz CT molecular complexity index is 688. The van der Waals surface area contributed by atoms with Crippen LogP contribution in [0.4, 0.5) is 13.8 Å². The molecular formula is C13H10F2N2O3S. The number of amides is 2. The van der Waals surface area contributed by atoms with E-state index in [1.165, 1.54) is 6.07 Å². The van der Waals surface area contributed by atoms with Crippen LogP contribution in [0.25, 0.3) is 0 Å². The maximum absolute atomic E-state index is 13.3. The SMILES string of the molecule is NC(=O)c1ccsc1NC(=O)COc1ccc(F)cc1F. The lowest BCUT2D eigenvalue weighted by molar-refractivity contribution is -0.118. The summed E-state index contributed by atoms with van der Waals surface area (Å²) in [5.74, 6) is -3.15. The summed E-state index contributed by atoms with van der Waals surface area (Å²) in [7, 11) is 0. The van der Waals surface area contributed by atoms with E-state index in [4.69, 9.17) is 10.5 Å². The van der Waals surface area contributed by atoms with Gasteiger partial charge in [0.25, 0.3) is 11.8 Å². The molecule has 2 rings (SSSR count). The zero-order valence-corrected chi connectivity index (χ0v) is 11.4. The first kappa shape index (κ1) is 14.9. The van der Waals surface area contributed by atoms with Crippen molar-refractivity contribution in [3.63, 3.8) is 0 Å². The Kier molecular flexibility index (Phi) is 4.49. The van der Waals surface area contributed by atoms with Gasteiger partial charge in [0.2, 0.25) is 0 Å². The first-order chi connectivity index (χ1) is 9.97. The molecule has 0 aliphatic rings. The zero-order chi connectivity index (χ0) is 15.4. The number of nitrogens with two attached hydrogens (primary N) is 1. The molecule has 0 unspecified atom stereocenters. The monoisotopic (exact) mass is 312 g/mol. The molecule has 0 atom stereocenters. The fraction of sp³-hybridized carbons (Fsp3) is 0.0769. The second-order valence-corrected chi connectivity index (χ2v) is 4.86. The molecule has 0 aliphatic heterocycles. The van der Waals surface area contributed by atoms with E-state index in [9.17, 15) is 18.4 Å². The van der Waals surface area contributed by atoms with Gasteiger partial charge < -0.3 is 15.8 Å². The summed E-state index contributed by atoms with van der Waals surface area (Å²) in [6.07, 6.45) is 0. The first-order valence-corrected chi connectivity index (χ1v) is 6.60. The summed E-state index contributed by atoms with van der Waals surface area (Å²) in [5.41, 5.74) is 5.32. The molecule has 0 fully saturated rings. The quantitative estimate of drug-likeness (QED) is 0.887. The van der Waals surface area contributed by atoms with Crippen LogP contribution >= 0.6 is 11.3 Å². The summed E-state index contributed by atoms with van der Waals surface area (Å²) >= 11 is 1.12. The lowest BCUT2D eigenvalue weighted by atomic mass is 10.3. The Hall–Kier alpha value is -2.48. The van der Waals surface area contributed by atoms with Crippen LogP contribution in [-0.2, 0) is 4.79 Å². The van der Waals surface area contributed by atoms with Crippen LogP contribution in [0.5, 0.6) is 5.75 Å². The minimum Gasteiger partial charge on any atom is -0.481 e. The zero-order valence-electron chi connectivity index (χ0n) is 10.6. The van der Waals surface area contributed by atoms with Gasteiger partial charge in [0, 0.05) is 6.07 Å². The van der Waals surface area contributed by atoms with Crippen molar-refractivity contribution in [3.8, 4) is 5.75 Å². The van der Waals surface area contributed by atoms with Gasteiger partial charge in [0.15, 0.2) is 18.2 Å². The van der Waals surface area contributed by atoms with Gasteiger partial charge in [-0.3, -0.25) is 9.59 Å². The minimum absolute atomic E-state index is 0.182. The number of primary amides is 1. The molecule has 110 valence electrons. The molecule has 2 amide bonds. The van der Waals surface area contributed by atoms with Crippen LogP contribution in [0.15, 0.2) is 29.6 Å². The largest absolute Gasteiger partial charge is 0.481 e. The third-order valence-electron chi connectivity index (χ3n) is 2.44. The smallest absolute Gasteiger partial charge is 0.262 e. The normalized spacial score (nSPS) is 10.2. The molecule has 0 radical (unpaired) electrons. The van der Waals surface area contributed by atoms with Gasteiger partial charge in [-0.15, -0.1) is 11.3 Å². The lowest BCUT2D eigenvalue weighted by Crippen LogP contribution is -2.22. The summed E-state index contributed by atoms with van der Waals surface area (Å²) < 4.78 is 30.9. The number of benzene rings is 1. The first-order valence-electron chi connectivity index (χ1n) is 5.72. The number of nitrogens with one attached hydrogen (secondary N) is 1. The molecule has 0 aliphatic carbocycles. The van der Waals surface area contributed by atoms with E-state index in [1.807, 2.05) is 0 Å². The average Bonchev–Trinajstić information content (AvgIpc) is 2.86. The average molecular weight is 312 g/mol. The third-order valence-corrected chi connectivity index (χ3v) is 3.27. The Morgan fingerprint density at radius 3 is 2.71 bits per heavy atom. The van der Waals surface area contributed by atoms with E-state index in [1.54, 1.807) is 5.38 Å². The van der Waals surface area contributed by atoms with E-state index in [0.29, 0.717) is 6.07 Å². The van der Waals surface area contributed by atoms with Gasteiger partial charge in [-0.05, 0) is 23.6 Å². The number of ether oxygens (including phenoxy) is 1. The standard InChI is InChI=1S/C13H10F2N2O3S/c14-7-1-2-10(9(15)5-7)20-6-11(18)17-13-8(12(16)19)3-4-21-13/h1-5H,6H2,(H2,16,19)(H,17,18). The van der Waals surface area contributed by atoms with Gasteiger partial charge in [-0.1, -0.05) is 0 Å². The highest BCUT2D eigenvalue weighted by Crippen LogP contribution is 2.23. The van der Waals surface area contributed by atoms with Gasteiger partial charge in [-0.25, -0.2) is 8.78 Å². The Morgan fingerprint density at radius 1 is 1.29 bits per heavy atom. The van der Waals surface area contributed by atoms with Crippen LogP contribution in [0.3, 0.4) is 0 Å².